The highest BCUT2D eigenvalue weighted by Gasteiger charge is 2.30. The second-order valence-corrected chi connectivity index (χ2v) is 3.96. The van der Waals surface area contributed by atoms with Gasteiger partial charge in [-0.05, 0) is 6.42 Å². The average molecular weight is 273 g/mol. The van der Waals surface area contributed by atoms with Gasteiger partial charge in [0.2, 0.25) is 0 Å². The first-order valence-electron chi connectivity index (χ1n) is 4.61. The van der Waals surface area contributed by atoms with Crippen LogP contribution in [-0.4, -0.2) is 16.1 Å². The topological polar surface area (TPSA) is 25.8 Å². The van der Waals surface area contributed by atoms with E-state index in [9.17, 15) is 13.2 Å². The molecule has 0 saturated heterocycles. The first-order chi connectivity index (χ1) is 7.33. The van der Waals surface area contributed by atoms with Gasteiger partial charge in [-0.3, -0.25) is 0 Å². The summed E-state index contributed by atoms with van der Waals surface area (Å²) in [5, 5.41) is 0.00204. The maximum Gasteiger partial charge on any atom is 0.396 e. The van der Waals surface area contributed by atoms with Gasteiger partial charge < -0.3 is 0 Å². The van der Waals surface area contributed by atoms with E-state index in [4.69, 9.17) is 23.2 Å². The van der Waals surface area contributed by atoms with E-state index in [-0.39, 0.29) is 10.3 Å². The summed E-state index contributed by atoms with van der Waals surface area (Å²) >= 11 is 11.5. The van der Waals surface area contributed by atoms with Crippen molar-refractivity contribution in [3.8, 4) is 0 Å². The second-order valence-electron chi connectivity index (χ2n) is 3.24. The highest BCUT2D eigenvalue weighted by atomic mass is 35.5. The van der Waals surface area contributed by atoms with Crippen molar-refractivity contribution in [3.63, 3.8) is 0 Å². The lowest BCUT2D eigenvalue weighted by Gasteiger charge is -2.08. The summed E-state index contributed by atoms with van der Waals surface area (Å²) in [6.07, 6.45) is -4.27. The Morgan fingerprint density at radius 2 is 1.62 bits per heavy atom. The molecule has 0 aliphatic rings. The van der Waals surface area contributed by atoms with E-state index < -0.39 is 18.4 Å². The molecule has 2 nitrogen and oxygen atoms in total. The molecule has 0 atom stereocenters. The lowest BCUT2D eigenvalue weighted by Crippen LogP contribution is -2.15. The monoisotopic (exact) mass is 272 g/mol. The number of alkyl halides is 3. The molecule has 0 radical (unpaired) electrons. The smallest absolute Gasteiger partial charge is 0.220 e. The van der Waals surface area contributed by atoms with Crippen LogP contribution in [0.15, 0.2) is 0 Å². The summed E-state index contributed by atoms with van der Waals surface area (Å²) in [5.74, 6) is -0.401. The molecule has 0 N–H and O–H groups in total. The molecular weight excluding hydrogens is 264 g/mol. The van der Waals surface area contributed by atoms with Crippen molar-refractivity contribution in [1.82, 2.24) is 9.97 Å². The van der Waals surface area contributed by atoms with Crippen LogP contribution in [0.1, 0.15) is 24.7 Å². The van der Waals surface area contributed by atoms with E-state index in [2.05, 4.69) is 9.97 Å². The Bertz CT molecular complexity index is 357. The molecule has 1 aromatic rings. The molecule has 0 amide bonds. The van der Waals surface area contributed by atoms with Gasteiger partial charge in [0.05, 0.1) is 0 Å². The fraction of sp³-hybridized carbons (Fsp3) is 0.556. The molecule has 0 fully saturated rings. The predicted octanol–water partition coefficient (Wildman–Crippen LogP) is 3.84. The van der Waals surface area contributed by atoms with E-state index in [0.717, 1.165) is 6.42 Å². The van der Waals surface area contributed by atoms with Crippen molar-refractivity contribution in [1.29, 1.82) is 0 Å². The van der Waals surface area contributed by atoms with E-state index in [1.807, 2.05) is 6.92 Å². The van der Waals surface area contributed by atoms with Gasteiger partial charge in [0, 0.05) is 5.56 Å². The van der Waals surface area contributed by atoms with Crippen LogP contribution in [0.3, 0.4) is 0 Å². The average Bonchev–Trinajstić information content (AvgIpc) is 2.08. The molecule has 90 valence electrons. The molecule has 7 heteroatoms. The number of hydrogen-bond acceptors (Lipinski definition) is 2. The molecular formula is C9H9Cl2F3N2. The Morgan fingerprint density at radius 3 is 2.00 bits per heavy atom. The Hall–Kier alpha value is -0.550. The zero-order valence-electron chi connectivity index (χ0n) is 8.41. The zero-order valence-corrected chi connectivity index (χ0v) is 9.92. The Morgan fingerprint density at radius 1 is 1.12 bits per heavy atom. The van der Waals surface area contributed by atoms with Gasteiger partial charge in [0.15, 0.2) is 0 Å². The van der Waals surface area contributed by atoms with Crippen molar-refractivity contribution in [2.75, 3.05) is 0 Å². The van der Waals surface area contributed by atoms with Gasteiger partial charge in [-0.25, -0.2) is 9.97 Å². The maximum absolute atomic E-state index is 12.1. The Kier molecular flexibility index (Phi) is 4.38. The standard InChI is InChI=1S/C9H9Cl2F3N2/c1-2-3-5-7(10)15-6(16-8(5)11)4-9(12,13)14/h2-4H2,1H3. The van der Waals surface area contributed by atoms with Crippen molar-refractivity contribution in [3.05, 3.63) is 21.7 Å². The van der Waals surface area contributed by atoms with Crippen LogP contribution in [0.5, 0.6) is 0 Å². The number of aromatic nitrogens is 2. The molecule has 0 aliphatic heterocycles. The van der Waals surface area contributed by atoms with Crippen LogP contribution >= 0.6 is 23.2 Å². The highest BCUT2D eigenvalue weighted by molar-refractivity contribution is 6.34. The lowest BCUT2D eigenvalue weighted by molar-refractivity contribution is -0.128. The number of halogens is 5. The van der Waals surface area contributed by atoms with E-state index in [0.29, 0.717) is 12.0 Å². The second kappa shape index (κ2) is 5.19. The summed E-state index contributed by atoms with van der Waals surface area (Å²) in [7, 11) is 0. The Labute approximate surface area is 101 Å². The molecule has 0 spiro atoms. The molecule has 16 heavy (non-hydrogen) atoms. The quantitative estimate of drug-likeness (QED) is 0.782. The van der Waals surface area contributed by atoms with Gasteiger partial charge in [-0.15, -0.1) is 0 Å². The van der Waals surface area contributed by atoms with Gasteiger partial charge in [0.25, 0.3) is 0 Å². The molecule has 1 heterocycles. The van der Waals surface area contributed by atoms with Crippen molar-refractivity contribution in [2.24, 2.45) is 0 Å². The van der Waals surface area contributed by atoms with E-state index in [1.165, 1.54) is 0 Å². The van der Waals surface area contributed by atoms with Gasteiger partial charge in [0.1, 0.15) is 22.6 Å². The summed E-state index contributed by atoms with van der Waals surface area (Å²) < 4.78 is 36.3. The predicted molar refractivity (Wildman–Crippen MR) is 55.8 cm³/mol. The minimum Gasteiger partial charge on any atom is -0.220 e. The van der Waals surface area contributed by atoms with Crippen LogP contribution < -0.4 is 0 Å². The molecule has 1 rings (SSSR count). The SMILES string of the molecule is CCCc1c(Cl)nc(CC(F)(F)F)nc1Cl. The molecule has 0 unspecified atom stereocenters. The third-order valence-corrected chi connectivity index (χ3v) is 2.44. The van der Waals surface area contributed by atoms with Crippen LogP contribution in [0.25, 0.3) is 0 Å². The lowest BCUT2D eigenvalue weighted by atomic mass is 10.2. The fourth-order valence-corrected chi connectivity index (χ4v) is 1.80. The fourth-order valence-electron chi connectivity index (χ4n) is 1.19. The minimum atomic E-state index is -4.36. The highest BCUT2D eigenvalue weighted by Crippen LogP contribution is 2.25. The summed E-state index contributed by atoms with van der Waals surface area (Å²) in [5.41, 5.74) is 0.497. The van der Waals surface area contributed by atoms with Crippen LogP contribution in [-0.2, 0) is 12.8 Å². The van der Waals surface area contributed by atoms with Crippen LogP contribution in [0, 0.1) is 0 Å². The number of rotatable bonds is 3. The normalized spacial score (nSPS) is 11.9. The number of hydrogen-bond donors (Lipinski definition) is 0. The first kappa shape index (κ1) is 13.5. The van der Waals surface area contributed by atoms with Gasteiger partial charge in [-0.1, -0.05) is 36.5 Å². The molecule has 0 bridgehead atoms. The first-order valence-corrected chi connectivity index (χ1v) is 5.36. The molecule has 0 aliphatic carbocycles. The van der Waals surface area contributed by atoms with Crippen molar-refractivity contribution >= 4 is 23.2 Å². The van der Waals surface area contributed by atoms with Gasteiger partial charge >= 0.3 is 6.18 Å². The van der Waals surface area contributed by atoms with Crippen molar-refractivity contribution < 1.29 is 13.2 Å². The van der Waals surface area contributed by atoms with Crippen LogP contribution in [0.4, 0.5) is 13.2 Å². The summed E-state index contributed by atoms with van der Waals surface area (Å²) in [6.45, 7) is 1.90. The number of nitrogens with zero attached hydrogens (tertiary/aromatic N) is 2. The van der Waals surface area contributed by atoms with Gasteiger partial charge in [-0.2, -0.15) is 13.2 Å². The van der Waals surface area contributed by atoms with E-state index in [1.54, 1.807) is 0 Å². The minimum absolute atomic E-state index is 0.00102. The van der Waals surface area contributed by atoms with Crippen LogP contribution in [0.2, 0.25) is 10.3 Å². The molecule has 0 aromatic carbocycles. The molecule has 0 saturated carbocycles. The molecule has 1 aromatic heterocycles. The third kappa shape index (κ3) is 3.79. The zero-order chi connectivity index (χ0) is 12.3. The van der Waals surface area contributed by atoms with E-state index >= 15 is 0 Å². The largest absolute Gasteiger partial charge is 0.396 e. The maximum atomic E-state index is 12.1. The Balaban J connectivity index is 3.00. The summed E-state index contributed by atoms with van der Waals surface area (Å²) in [4.78, 5) is 7.18. The third-order valence-electron chi connectivity index (χ3n) is 1.81. The summed E-state index contributed by atoms with van der Waals surface area (Å²) in [6, 6.07) is 0. The van der Waals surface area contributed by atoms with Crippen molar-refractivity contribution in [2.45, 2.75) is 32.4 Å².